The molecule has 0 fully saturated rings. The maximum Gasteiger partial charge on any atom is 0.209 e. The number of benzene rings is 2. The Bertz CT molecular complexity index is 1380. The number of ether oxygens (including phenoxy) is 2. The van der Waals surface area contributed by atoms with Gasteiger partial charge in [0.15, 0.2) is 11.2 Å². The topological polar surface area (TPSA) is 91.5 Å². The minimum atomic E-state index is -0.738. The minimum absolute atomic E-state index is 0.0661. The highest BCUT2D eigenvalue weighted by atomic mass is 32.1. The summed E-state index contributed by atoms with van der Waals surface area (Å²) in [6.07, 6.45) is 0. The standard InChI is InChI=1S/C23H18N2O5S/c1-11-4-6-16-14(8-11)20(26)18-17(13-9-12(28-2)5-7-15(13)29-3)19(21(27)22(18)30-16)23-25-24-10-31-23/h4-10,17,19H,1-3H3/t17-,19-/m1/s1. The molecule has 1 aliphatic carbocycles. The van der Waals surface area contributed by atoms with Crippen molar-refractivity contribution in [1.29, 1.82) is 0 Å². The lowest BCUT2D eigenvalue weighted by atomic mass is 9.84. The highest BCUT2D eigenvalue weighted by molar-refractivity contribution is 7.09. The van der Waals surface area contributed by atoms with E-state index in [2.05, 4.69) is 10.2 Å². The van der Waals surface area contributed by atoms with Crippen LogP contribution in [0.25, 0.3) is 11.0 Å². The second kappa shape index (κ2) is 7.31. The van der Waals surface area contributed by atoms with Gasteiger partial charge in [-0.3, -0.25) is 9.59 Å². The second-order valence-electron chi connectivity index (χ2n) is 7.38. The van der Waals surface area contributed by atoms with Crippen molar-refractivity contribution < 1.29 is 18.7 Å². The Morgan fingerprint density at radius 1 is 1.03 bits per heavy atom. The maximum absolute atomic E-state index is 13.7. The van der Waals surface area contributed by atoms with Crippen molar-refractivity contribution in [2.24, 2.45) is 0 Å². The summed E-state index contributed by atoms with van der Waals surface area (Å²) < 4.78 is 17.0. The number of Topliss-reactive ketones (excluding diaryl/α,β-unsaturated/α-hetero) is 1. The lowest BCUT2D eigenvalue weighted by molar-refractivity contribution is 0.0945. The molecular weight excluding hydrogens is 416 g/mol. The van der Waals surface area contributed by atoms with Gasteiger partial charge in [-0.15, -0.1) is 21.5 Å². The Hall–Kier alpha value is -3.52. The summed E-state index contributed by atoms with van der Waals surface area (Å²) in [6, 6.07) is 10.7. The minimum Gasteiger partial charge on any atom is -0.497 e. The molecule has 0 N–H and O–H groups in total. The zero-order valence-electron chi connectivity index (χ0n) is 17.0. The molecule has 0 saturated heterocycles. The SMILES string of the molecule is COc1ccc(OC)c([C@@H]2c3c(oc4ccc(C)cc4c3=O)C(=O)[C@@H]2c2nncs2)c1. The van der Waals surface area contributed by atoms with E-state index in [1.165, 1.54) is 11.3 Å². The van der Waals surface area contributed by atoms with Crippen LogP contribution in [0.3, 0.4) is 0 Å². The molecule has 7 nitrogen and oxygen atoms in total. The normalized spacial score (nSPS) is 17.7. The van der Waals surface area contributed by atoms with Crippen LogP contribution >= 0.6 is 11.3 Å². The third-order valence-electron chi connectivity index (χ3n) is 5.65. The van der Waals surface area contributed by atoms with E-state index in [1.807, 2.05) is 13.0 Å². The van der Waals surface area contributed by atoms with Crippen molar-refractivity contribution in [3.63, 3.8) is 0 Å². The summed E-state index contributed by atoms with van der Waals surface area (Å²) in [7, 11) is 3.11. The second-order valence-corrected chi connectivity index (χ2v) is 8.24. The number of aryl methyl sites for hydroxylation is 1. The molecule has 5 rings (SSSR count). The Kier molecular flexibility index (Phi) is 4.59. The first kappa shape index (κ1) is 19.4. The zero-order chi connectivity index (χ0) is 21.7. The molecule has 4 aromatic rings. The molecule has 0 radical (unpaired) electrons. The van der Waals surface area contributed by atoms with Crippen molar-refractivity contribution in [3.8, 4) is 11.5 Å². The molecule has 0 saturated carbocycles. The van der Waals surface area contributed by atoms with Crippen LogP contribution in [-0.2, 0) is 0 Å². The number of hydrogen-bond donors (Lipinski definition) is 0. The molecule has 2 aromatic heterocycles. The summed E-state index contributed by atoms with van der Waals surface area (Å²) in [5, 5.41) is 9.02. The maximum atomic E-state index is 13.7. The molecule has 0 spiro atoms. The predicted molar refractivity (Wildman–Crippen MR) is 116 cm³/mol. The van der Waals surface area contributed by atoms with Crippen LogP contribution in [0.5, 0.6) is 11.5 Å². The van der Waals surface area contributed by atoms with Crippen molar-refractivity contribution in [1.82, 2.24) is 10.2 Å². The van der Waals surface area contributed by atoms with Crippen LogP contribution in [0.2, 0.25) is 0 Å². The fourth-order valence-corrected chi connectivity index (χ4v) is 4.92. The highest BCUT2D eigenvalue weighted by Crippen LogP contribution is 2.50. The number of nitrogens with zero attached hydrogens (tertiary/aromatic N) is 2. The van der Waals surface area contributed by atoms with E-state index in [1.54, 1.807) is 50.1 Å². The molecule has 0 unspecified atom stereocenters. The van der Waals surface area contributed by atoms with Crippen LogP contribution in [-0.4, -0.2) is 30.2 Å². The Morgan fingerprint density at radius 2 is 1.87 bits per heavy atom. The number of carbonyl (C=O) groups excluding carboxylic acids is 1. The van der Waals surface area contributed by atoms with E-state index in [0.29, 0.717) is 38.6 Å². The lowest BCUT2D eigenvalue weighted by Crippen LogP contribution is -2.17. The smallest absolute Gasteiger partial charge is 0.209 e. The Morgan fingerprint density at radius 3 is 2.58 bits per heavy atom. The van der Waals surface area contributed by atoms with Gasteiger partial charge < -0.3 is 13.9 Å². The van der Waals surface area contributed by atoms with E-state index in [0.717, 1.165) is 5.56 Å². The molecule has 2 aromatic carbocycles. The Labute approximate surface area is 181 Å². The number of rotatable bonds is 4. The van der Waals surface area contributed by atoms with Crippen LogP contribution in [0, 0.1) is 6.92 Å². The fourth-order valence-electron chi connectivity index (χ4n) is 4.24. The molecule has 2 atom stereocenters. The number of hydrogen-bond acceptors (Lipinski definition) is 8. The molecule has 0 amide bonds. The van der Waals surface area contributed by atoms with Crippen molar-refractivity contribution in [2.45, 2.75) is 18.8 Å². The van der Waals surface area contributed by atoms with Gasteiger partial charge in [-0.05, 0) is 37.3 Å². The van der Waals surface area contributed by atoms with Gasteiger partial charge in [-0.1, -0.05) is 11.6 Å². The zero-order valence-corrected chi connectivity index (χ0v) is 17.9. The summed E-state index contributed by atoms with van der Waals surface area (Å²) in [4.78, 5) is 27.2. The Balaban J connectivity index is 1.86. The largest absolute Gasteiger partial charge is 0.497 e. The van der Waals surface area contributed by atoms with Gasteiger partial charge >= 0.3 is 0 Å². The average molecular weight is 434 g/mol. The molecule has 156 valence electrons. The molecule has 2 heterocycles. The average Bonchev–Trinajstić information content (AvgIpc) is 3.40. The lowest BCUT2D eigenvalue weighted by Gasteiger charge is -2.20. The number of methoxy groups -OCH3 is 2. The third kappa shape index (κ3) is 2.94. The molecular formula is C23H18N2O5S. The summed E-state index contributed by atoms with van der Waals surface area (Å²) >= 11 is 1.27. The van der Waals surface area contributed by atoms with Crippen LogP contribution in [0.4, 0.5) is 0 Å². The van der Waals surface area contributed by atoms with E-state index in [-0.39, 0.29) is 17.0 Å². The van der Waals surface area contributed by atoms with E-state index >= 15 is 0 Å². The van der Waals surface area contributed by atoms with Gasteiger partial charge in [0, 0.05) is 11.5 Å². The molecule has 31 heavy (non-hydrogen) atoms. The summed E-state index contributed by atoms with van der Waals surface area (Å²) in [5.74, 6) is -0.462. The first-order chi connectivity index (χ1) is 15.0. The summed E-state index contributed by atoms with van der Waals surface area (Å²) in [6.45, 7) is 1.91. The number of fused-ring (bicyclic) bond motifs is 2. The van der Waals surface area contributed by atoms with Gasteiger partial charge in [0.2, 0.25) is 5.78 Å². The van der Waals surface area contributed by atoms with Crippen molar-refractivity contribution in [3.05, 3.63) is 79.6 Å². The highest BCUT2D eigenvalue weighted by Gasteiger charge is 2.48. The van der Waals surface area contributed by atoms with Gasteiger partial charge in [-0.2, -0.15) is 0 Å². The van der Waals surface area contributed by atoms with Crippen molar-refractivity contribution >= 4 is 28.1 Å². The van der Waals surface area contributed by atoms with Crippen LogP contribution in [0.15, 0.2) is 51.1 Å². The molecule has 0 bridgehead atoms. The fraction of sp³-hybridized carbons (Fsp3) is 0.217. The predicted octanol–water partition coefficient (Wildman–Crippen LogP) is 4.08. The van der Waals surface area contributed by atoms with Crippen LogP contribution in [0.1, 0.15) is 44.1 Å². The van der Waals surface area contributed by atoms with E-state index < -0.39 is 11.8 Å². The number of aromatic nitrogens is 2. The van der Waals surface area contributed by atoms with Gasteiger partial charge in [-0.25, -0.2) is 0 Å². The van der Waals surface area contributed by atoms with Crippen LogP contribution < -0.4 is 14.9 Å². The third-order valence-corrected chi connectivity index (χ3v) is 6.42. The quantitative estimate of drug-likeness (QED) is 0.478. The first-order valence-electron chi connectivity index (χ1n) is 9.63. The molecule has 0 aliphatic heterocycles. The van der Waals surface area contributed by atoms with Gasteiger partial charge in [0.25, 0.3) is 0 Å². The van der Waals surface area contributed by atoms with Gasteiger partial charge in [0.1, 0.15) is 27.6 Å². The van der Waals surface area contributed by atoms with Crippen molar-refractivity contribution in [2.75, 3.05) is 14.2 Å². The van der Waals surface area contributed by atoms with E-state index in [9.17, 15) is 9.59 Å². The monoisotopic (exact) mass is 434 g/mol. The molecule has 1 aliphatic rings. The van der Waals surface area contributed by atoms with Gasteiger partial charge in [0.05, 0.1) is 31.1 Å². The summed E-state index contributed by atoms with van der Waals surface area (Å²) in [5.41, 5.74) is 3.64. The molecule has 8 heteroatoms. The number of ketones is 1. The number of carbonyl (C=O) groups is 1. The first-order valence-corrected chi connectivity index (χ1v) is 10.5. The van der Waals surface area contributed by atoms with E-state index in [4.69, 9.17) is 13.9 Å².